The van der Waals surface area contributed by atoms with Gasteiger partial charge in [0.1, 0.15) is 22.8 Å². The van der Waals surface area contributed by atoms with Gasteiger partial charge < -0.3 is 36.4 Å². The molecule has 4 atom stereocenters. The predicted molar refractivity (Wildman–Crippen MR) is 136 cm³/mol. The summed E-state index contributed by atoms with van der Waals surface area (Å²) in [5.74, 6) is -6.08. The lowest BCUT2D eigenvalue weighted by molar-refractivity contribution is -0.143. The number of fused-ring (bicyclic) bond motifs is 3. The van der Waals surface area contributed by atoms with E-state index in [1.165, 1.54) is 0 Å². The Labute approximate surface area is 218 Å². The number of carbonyl (C=O) groups excluding carboxylic acids is 3. The molecule has 0 aromatic heterocycles. The van der Waals surface area contributed by atoms with E-state index < -0.39 is 51.9 Å². The standard InChI is InChI=1S/C26H32N4O8/c1-11(4-5-31)28-10-13-8-17(30(2)3)15-7-12-6-14-9-16(29-38)20(25(27)36)24(35)26(14,37)23(34)18(12)22(33)19(15)21(13)32/h8,11-12,14,28,31-32,34,37H,4-7,9-10H2,1-3H3,(H2,27,36)/t11?,12-,14?,26+/m1/s1. The molecule has 4 rings (SSSR count). The summed E-state index contributed by atoms with van der Waals surface area (Å²) in [5, 5.41) is 49.0. The molecule has 7 N–H and O–H groups in total. The van der Waals surface area contributed by atoms with Crippen LogP contribution in [-0.4, -0.2) is 70.2 Å². The molecule has 2 unspecified atom stereocenters. The number of rotatable bonds is 8. The monoisotopic (exact) mass is 528 g/mol. The van der Waals surface area contributed by atoms with Crippen LogP contribution >= 0.6 is 0 Å². The molecule has 3 aliphatic carbocycles. The fraction of sp³-hybridized carbons (Fsp3) is 0.500. The first-order chi connectivity index (χ1) is 17.9. The maximum atomic E-state index is 13.9. The third kappa shape index (κ3) is 4.08. The molecule has 0 fully saturated rings. The first-order valence-electron chi connectivity index (χ1n) is 12.4. The normalized spacial score (nSPS) is 25.5. The van der Waals surface area contributed by atoms with E-state index in [0.29, 0.717) is 23.2 Å². The highest BCUT2D eigenvalue weighted by Crippen LogP contribution is 2.53. The third-order valence-electron chi connectivity index (χ3n) is 7.91. The van der Waals surface area contributed by atoms with E-state index in [1.54, 1.807) is 25.1 Å². The number of carbonyl (C=O) groups is 3. The van der Waals surface area contributed by atoms with Crippen LogP contribution in [-0.2, 0) is 22.6 Å². The third-order valence-corrected chi connectivity index (χ3v) is 7.91. The van der Waals surface area contributed by atoms with Crippen molar-refractivity contribution in [1.29, 1.82) is 0 Å². The average molecular weight is 529 g/mol. The Kier molecular flexibility index (Phi) is 7.17. The number of phenolic OH excluding ortho intramolecular Hbond substituents is 1. The molecular formula is C26H32N4O8. The number of aliphatic hydroxyl groups excluding tert-OH is 2. The van der Waals surface area contributed by atoms with Gasteiger partial charge in [-0.25, -0.2) is 0 Å². The fourth-order valence-electron chi connectivity index (χ4n) is 5.92. The summed E-state index contributed by atoms with van der Waals surface area (Å²) in [6.45, 7) is 2.06. The number of aliphatic hydroxyl groups is 3. The van der Waals surface area contributed by atoms with Crippen LogP contribution in [0.15, 0.2) is 33.8 Å². The minimum absolute atomic E-state index is 0.0136. The number of hydrogen-bond acceptors (Lipinski definition) is 11. The number of nitrogens with one attached hydrogen (secondary N) is 1. The van der Waals surface area contributed by atoms with Gasteiger partial charge in [0, 0.05) is 62.5 Å². The molecule has 3 aliphatic rings. The molecule has 0 aliphatic heterocycles. The zero-order valence-electron chi connectivity index (χ0n) is 21.4. The fourth-order valence-corrected chi connectivity index (χ4v) is 5.92. The lowest BCUT2D eigenvalue weighted by Gasteiger charge is -2.46. The van der Waals surface area contributed by atoms with Gasteiger partial charge in [0.15, 0.2) is 11.4 Å². The summed E-state index contributed by atoms with van der Waals surface area (Å²) in [5.41, 5.74) is 2.87. The van der Waals surface area contributed by atoms with Gasteiger partial charge in [0.25, 0.3) is 5.91 Å². The average Bonchev–Trinajstić information content (AvgIpc) is 2.84. The second-order valence-electron chi connectivity index (χ2n) is 10.4. The van der Waals surface area contributed by atoms with Crippen LogP contribution in [0.5, 0.6) is 5.75 Å². The number of anilines is 1. The molecule has 0 spiro atoms. The minimum Gasteiger partial charge on any atom is -0.508 e. The van der Waals surface area contributed by atoms with Crippen LogP contribution in [0.2, 0.25) is 0 Å². The second kappa shape index (κ2) is 9.93. The SMILES string of the molecule is CC(CCO)NCc1cc(N(C)C)c2c(c1O)C(=O)C1=C(O)[C@]3(O)C(=O)C(C(N)=O)=C(N=O)CC3C[C@@H]1C2. The Bertz CT molecular complexity index is 1300. The van der Waals surface area contributed by atoms with Crippen molar-refractivity contribution in [3.05, 3.63) is 50.3 Å². The molecule has 204 valence electrons. The number of hydrogen-bond donors (Lipinski definition) is 6. The zero-order chi connectivity index (χ0) is 28.1. The molecule has 0 heterocycles. The van der Waals surface area contributed by atoms with Crippen LogP contribution in [0.1, 0.15) is 47.7 Å². The highest BCUT2D eigenvalue weighted by atomic mass is 16.3. The first kappa shape index (κ1) is 27.4. The van der Waals surface area contributed by atoms with Crippen LogP contribution in [0.25, 0.3) is 0 Å². The van der Waals surface area contributed by atoms with Crippen molar-refractivity contribution in [2.45, 2.75) is 50.8 Å². The Hall–Kier alpha value is -3.61. The molecule has 1 aromatic carbocycles. The summed E-state index contributed by atoms with van der Waals surface area (Å²) in [7, 11) is 3.59. The van der Waals surface area contributed by atoms with Gasteiger partial charge in [-0.05, 0) is 48.9 Å². The first-order valence-corrected chi connectivity index (χ1v) is 12.4. The van der Waals surface area contributed by atoms with E-state index in [2.05, 4.69) is 10.5 Å². The highest BCUT2D eigenvalue weighted by molar-refractivity contribution is 6.24. The number of nitrogens with two attached hydrogens (primary N) is 1. The lowest BCUT2D eigenvalue weighted by atomic mass is 9.60. The number of nitrogens with zero attached hydrogens (tertiary/aromatic N) is 2. The van der Waals surface area contributed by atoms with Gasteiger partial charge in [-0.2, -0.15) is 0 Å². The van der Waals surface area contributed by atoms with E-state index in [-0.39, 0.29) is 55.3 Å². The van der Waals surface area contributed by atoms with E-state index in [9.17, 15) is 34.6 Å². The van der Waals surface area contributed by atoms with E-state index in [1.807, 2.05) is 6.92 Å². The largest absolute Gasteiger partial charge is 0.508 e. The maximum absolute atomic E-state index is 13.9. The van der Waals surface area contributed by atoms with Gasteiger partial charge in [0.2, 0.25) is 5.78 Å². The van der Waals surface area contributed by atoms with Gasteiger partial charge in [-0.15, -0.1) is 4.91 Å². The molecular weight excluding hydrogens is 496 g/mol. The molecule has 0 bridgehead atoms. The van der Waals surface area contributed by atoms with E-state index >= 15 is 0 Å². The molecule has 1 aromatic rings. The zero-order valence-corrected chi connectivity index (χ0v) is 21.4. The molecule has 12 nitrogen and oxygen atoms in total. The summed E-state index contributed by atoms with van der Waals surface area (Å²) in [4.78, 5) is 52.2. The van der Waals surface area contributed by atoms with Crippen molar-refractivity contribution in [1.82, 2.24) is 5.32 Å². The number of Topliss-reactive ketones (excluding diaryl/α,β-unsaturated/α-hetero) is 2. The summed E-state index contributed by atoms with van der Waals surface area (Å²) < 4.78 is 0. The Balaban J connectivity index is 1.85. The van der Waals surface area contributed by atoms with Gasteiger partial charge in [-0.3, -0.25) is 14.4 Å². The van der Waals surface area contributed by atoms with Crippen LogP contribution in [0.4, 0.5) is 5.69 Å². The molecule has 0 radical (unpaired) electrons. The topological polar surface area (TPSA) is 203 Å². The van der Waals surface area contributed by atoms with Crippen molar-refractivity contribution in [2.24, 2.45) is 22.7 Å². The van der Waals surface area contributed by atoms with Crippen LogP contribution < -0.4 is 16.0 Å². The predicted octanol–water partition coefficient (Wildman–Crippen LogP) is 0.715. The van der Waals surface area contributed by atoms with Crippen molar-refractivity contribution in [2.75, 3.05) is 25.6 Å². The number of nitroso groups, excluding NO2 is 1. The summed E-state index contributed by atoms with van der Waals surface area (Å²) >= 11 is 0. The number of ketones is 2. The number of primary amides is 1. The number of aromatic hydroxyl groups is 1. The molecule has 38 heavy (non-hydrogen) atoms. The number of phenols is 1. The quantitative estimate of drug-likeness (QED) is 0.206. The maximum Gasteiger partial charge on any atom is 0.254 e. The van der Waals surface area contributed by atoms with Crippen LogP contribution in [0.3, 0.4) is 0 Å². The highest BCUT2D eigenvalue weighted by Gasteiger charge is 2.59. The van der Waals surface area contributed by atoms with E-state index in [4.69, 9.17) is 10.8 Å². The summed E-state index contributed by atoms with van der Waals surface area (Å²) in [6, 6.07) is 1.71. The number of benzene rings is 1. The molecule has 0 saturated heterocycles. The molecule has 12 heteroatoms. The van der Waals surface area contributed by atoms with Crippen molar-refractivity contribution < 1.29 is 34.8 Å². The van der Waals surface area contributed by atoms with Crippen molar-refractivity contribution in [3.8, 4) is 5.75 Å². The molecule has 0 saturated carbocycles. The van der Waals surface area contributed by atoms with Gasteiger partial charge >= 0.3 is 0 Å². The van der Waals surface area contributed by atoms with Crippen molar-refractivity contribution in [3.63, 3.8) is 0 Å². The van der Waals surface area contributed by atoms with Gasteiger partial charge in [0.05, 0.1) is 5.56 Å². The minimum atomic E-state index is -2.63. The second-order valence-corrected chi connectivity index (χ2v) is 10.4. The van der Waals surface area contributed by atoms with Crippen LogP contribution in [0, 0.1) is 16.7 Å². The Morgan fingerprint density at radius 3 is 2.55 bits per heavy atom. The lowest BCUT2D eigenvalue weighted by Crippen LogP contribution is -2.57. The number of amides is 1. The number of allylic oxidation sites excluding steroid dienone is 2. The Morgan fingerprint density at radius 1 is 1.29 bits per heavy atom. The smallest absolute Gasteiger partial charge is 0.254 e. The van der Waals surface area contributed by atoms with Crippen molar-refractivity contribution >= 4 is 23.2 Å². The van der Waals surface area contributed by atoms with Gasteiger partial charge in [-0.1, -0.05) is 0 Å². The van der Waals surface area contributed by atoms with E-state index in [0.717, 1.165) is 0 Å². The molecule has 1 amide bonds. The summed E-state index contributed by atoms with van der Waals surface area (Å²) in [6.07, 6.45) is 0.479. The Morgan fingerprint density at radius 2 is 1.97 bits per heavy atom.